The second kappa shape index (κ2) is 12.5. The van der Waals surface area contributed by atoms with Crippen molar-refractivity contribution in [3.63, 3.8) is 0 Å². The summed E-state index contributed by atoms with van der Waals surface area (Å²) in [6.07, 6.45) is 4.10. The van der Waals surface area contributed by atoms with E-state index < -0.39 is 0 Å². The summed E-state index contributed by atoms with van der Waals surface area (Å²) >= 11 is 0. The zero-order valence-electron chi connectivity index (χ0n) is 30.7. The van der Waals surface area contributed by atoms with E-state index in [9.17, 15) is 0 Å². The van der Waals surface area contributed by atoms with Crippen LogP contribution in [0.15, 0.2) is 182 Å². The number of para-hydroxylation sites is 3. The number of hydrogen-bond acceptors (Lipinski definition) is 4. The van der Waals surface area contributed by atoms with Gasteiger partial charge in [-0.3, -0.25) is 4.98 Å². The Morgan fingerprint density at radius 2 is 1.07 bits per heavy atom. The number of nitrogens with zero attached hydrogens (tertiary/aromatic N) is 4. The lowest BCUT2D eigenvalue weighted by atomic mass is 9.33. The average molecular weight is 695 g/mol. The van der Waals surface area contributed by atoms with Crippen LogP contribution in [-0.4, -0.2) is 11.7 Å². The minimum Gasteiger partial charge on any atom is -0.310 e. The van der Waals surface area contributed by atoms with Crippen molar-refractivity contribution in [1.82, 2.24) is 4.98 Å². The summed E-state index contributed by atoms with van der Waals surface area (Å²) in [5.41, 5.74) is 15.3. The van der Waals surface area contributed by atoms with E-state index in [1.807, 2.05) is 6.20 Å². The molecule has 3 heterocycles. The van der Waals surface area contributed by atoms with Gasteiger partial charge in [0.25, 0.3) is 6.71 Å². The Balaban J connectivity index is 1.23. The molecule has 0 saturated carbocycles. The van der Waals surface area contributed by atoms with E-state index in [2.05, 4.69) is 212 Å². The summed E-state index contributed by atoms with van der Waals surface area (Å²) in [5.74, 6) is 0. The van der Waals surface area contributed by atoms with Crippen molar-refractivity contribution in [1.29, 1.82) is 0 Å². The normalized spacial score (nSPS) is 13.0. The lowest BCUT2D eigenvalue weighted by Gasteiger charge is -2.44. The summed E-state index contributed by atoms with van der Waals surface area (Å²) in [7, 11) is 0. The zero-order valence-corrected chi connectivity index (χ0v) is 30.7. The molecule has 2 aliphatic heterocycles. The van der Waals surface area contributed by atoms with Gasteiger partial charge in [0.05, 0.1) is 29.5 Å². The molecule has 7 aromatic carbocycles. The number of benzene rings is 7. The molecular weight excluding hydrogens is 655 g/mol. The van der Waals surface area contributed by atoms with Gasteiger partial charge in [0.1, 0.15) is 0 Å². The van der Waals surface area contributed by atoms with Crippen LogP contribution < -0.4 is 31.1 Å². The van der Waals surface area contributed by atoms with E-state index in [-0.39, 0.29) is 12.1 Å². The standard InChI is InChI=1S/C49H39BN4/c1-49(2,3)35-25-27-38(28-26-35)52(43-24-14-16-34-15-10-11-21-40(34)43)39-29-30-42-45(31-39)54(37-19-8-5-9-20-37)47-33-51-32-46-48(47)50(42)41-22-12-13-23-44(41)53(46)36-17-6-4-7-18-36/h4-33H,1-3H3. The third kappa shape index (κ3) is 5.11. The van der Waals surface area contributed by atoms with Crippen molar-refractivity contribution in [2.24, 2.45) is 0 Å². The molecule has 2 aliphatic rings. The van der Waals surface area contributed by atoms with E-state index in [4.69, 9.17) is 4.98 Å². The molecule has 0 fully saturated rings. The SMILES string of the molecule is CC(C)(C)c1ccc(N(c2ccc3c(c2)N(c2ccccc2)c2cncc4c2B3c2ccccc2N4c2ccccc2)c2cccc3ccccc23)cc1. The van der Waals surface area contributed by atoms with Gasteiger partial charge in [-0.25, -0.2) is 0 Å². The fourth-order valence-corrected chi connectivity index (χ4v) is 8.53. The minimum atomic E-state index is 0.0234. The highest BCUT2D eigenvalue weighted by Gasteiger charge is 2.43. The summed E-state index contributed by atoms with van der Waals surface area (Å²) in [6, 6.07) is 61.8. The Kier molecular flexibility index (Phi) is 7.45. The van der Waals surface area contributed by atoms with Crippen molar-refractivity contribution >= 4 is 85.1 Å². The van der Waals surface area contributed by atoms with Crippen LogP contribution in [0.5, 0.6) is 0 Å². The van der Waals surface area contributed by atoms with Gasteiger partial charge < -0.3 is 14.7 Å². The quantitative estimate of drug-likeness (QED) is 0.167. The van der Waals surface area contributed by atoms with Crippen molar-refractivity contribution in [2.45, 2.75) is 26.2 Å². The van der Waals surface area contributed by atoms with Gasteiger partial charge >= 0.3 is 0 Å². The third-order valence-electron chi connectivity index (χ3n) is 11.1. The van der Waals surface area contributed by atoms with Crippen LogP contribution in [0.25, 0.3) is 10.8 Å². The molecule has 0 bridgehead atoms. The summed E-state index contributed by atoms with van der Waals surface area (Å²) in [5, 5.41) is 2.42. The summed E-state index contributed by atoms with van der Waals surface area (Å²) in [6.45, 7) is 6.84. The molecular formula is C49H39BN4. The molecule has 0 aliphatic carbocycles. The van der Waals surface area contributed by atoms with E-state index in [1.54, 1.807) is 0 Å². The fourth-order valence-electron chi connectivity index (χ4n) is 8.53. The maximum Gasteiger partial charge on any atom is 0.252 e. The molecule has 0 radical (unpaired) electrons. The third-order valence-corrected chi connectivity index (χ3v) is 11.1. The predicted octanol–water partition coefficient (Wildman–Crippen LogP) is 11.1. The largest absolute Gasteiger partial charge is 0.310 e. The van der Waals surface area contributed by atoms with Crippen LogP contribution in [0.2, 0.25) is 0 Å². The van der Waals surface area contributed by atoms with Crippen molar-refractivity contribution in [2.75, 3.05) is 14.7 Å². The van der Waals surface area contributed by atoms with Gasteiger partial charge in [0, 0.05) is 39.5 Å². The molecule has 0 spiro atoms. The number of hydrogen-bond donors (Lipinski definition) is 0. The molecule has 0 N–H and O–H groups in total. The Morgan fingerprint density at radius 3 is 1.78 bits per heavy atom. The predicted molar refractivity (Wildman–Crippen MR) is 229 cm³/mol. The Morgan fingerprint density at radius 1 is 0.500 bits per heavy atom. The van der Waals surface area contributed by atoms with Crippen LogP contribution in [0.1, 0.15) is 26.3 Å². The molecule has 0 saturated heterocycles. The summed E-state index contributed by atoms with van der Waals surface area (Å²) in [4.78, 5) is 12.2. The lowest BCUT2D eigenvalue weighted by Crippen LogP contribution is -2.61. The number of aromatic nitrogens is 1. The molecule has 5 heteroatoms. The summed E-state index contributed by atoms with van der Waals surface area (Å²) < 4.78 is 0. The van der Waals surface area contributed by atoms with Gasteiger partial charge in [-0.2, -0.15) is 0 Å². The topological polar surface area (TPSA) is 22.6 Å². The first kappa shape index (κ1) is 32.1. The zero-order chi connectivity index (χ0) is 36.4. The van der Waals surface area contributed by atoms with Crippen molar-refractivity contribution in [3.8, 4) is 0 Å². The molecule has 0 amide bonds. The molecule has 258 valence electrons. The molecule has 8 aromatic rings. The molecule has 0 unspecified atom stereocenters. The van der Waals surface area contributed by atoms with Crippen molar-refractivity contribution in [3.05, 3.63) is 188 Å². The van der Waals surface area contributed by atoms with Crippen LogP contribution in [0.3, 0.4) is 0 Å². The fraction of sp³-hybridized carbons (Fsp3) is 0.0816. The average Bonchev–Trinajstić information content (AvgIpc) is 3.21. The van der Waals surface area contributed by atoms with Gasteiger partial charge in [0.2, 0.25) is 0 Å². The van der Waals surface area contributed by atoms with E-state index in [0.29, 0.717) is 0 Å². The van der Waals surface area contributed by atoms with E-state index in [0.717, 1.165) is 45.5 Å². The van der Waals surface area contributed by atoms with E-state index in [1.165, 1.54) is 38.4 Å². The molecule has 4 nitrogen and oxygen atoms in total. The van der Waals surface area contributed by atoms with Crippen LogP contribution in [0.4, 0.5) is 51.2 Å². The van der Waals surface area contributed by atoms with Crippen LogP contribution in [0, 0.1) is 0 Å². The first-order chi connectivity index (χ1) is 26.5. The molecule has 1 aromatic heterocycles. The van der Waals surface area contributed by atoms with Crippen LogP contribution >= 0.6 is 0 Å². The Labute approximate surface area is 317 Å². The number of anilines is 9. The first-order valence-corrected chi connectivity index (χ1v) is 18.8. The Hall–Kier alpha value is -6.59. The lowest BCUT2D eigenvalue weighted by molar-refractivity contribution is 0.590. The van der Waals surface area contributed by atoms with Crippen LogP contribution in [-0.2, 0) is 5.41 Å². The van der Waals surface area contributed by atoms with E-state index >= 15 is 0 Å². The Bertz CT molecular complexity index is 2660. The highest BCUT2D eigenvalue weighted by molar-refractivity contribution is 7.00. The maximum absolute atomic E-state index is 4.96. The second-order valence-electron chi connectivity index (χ2n) is 15.3. The molecule has 54 heavy (non-hydrogen) atoms. The number of pyridine rings is 1. The van der Waals surface area contributed by atoms with Crippen molar-refractivity contribution < 1.29 is 0 Å². The monoisotopic (exact) mass is 694 g/mol. The maximum atomic E-state index is 4.96. The van der Waals surface area contributed by atoms with Gasteiger partial charge in [-0.05, 0) is 93.4 Å². The highest BCUT2D eigenvalue weighted by Crippen LogP contribution is 2.46. The molecule has 10 rings (SSSR count). The van der Waals surface area contributed by atoms with Gasteiger partial charge in [0.15, 0.2) is 0 Å². The molecule has 0 atom stereocenters. The smallest absolute Gasteiger partial charge is 0.252 e. The second-order valence-corrected chi connectivity index (χ2v) is 15.3. The highest BCUT2D eigenvalue weighted by atomic mass is 15.2. The van der Waals surface area contributed by atoms with Gasteiger partial charge in [-0.1, -0.05) is 130 Å². The number of rotatable bonds is 5. The first-order valence-electron chi connectivity index (χ1n) is 18.8. The van der Waals surface area contributed by atoms with Gasteiger partial charge in [-0.15, -0.1) is 0 Å². The minimum absolute atomic E-state index is 0.0234. The number of fused-ring (bicyclic) bond motifs is 5.